The summed E-state index contributed by atoms with van der Waals surface area (Å²) < 4.78 is 6.86. The van der Waals surface area contributed by atoms with Crippen LogP contribution in [0.25, 0.3) is 5.69 Å². The number of aromatic nitrogens is 2. The van der Waals surface area contributed by atoms with Crippen LogP contribution < -0.4 is 10.5 Å². The van der Waals surface area contributed by atoms with Gasteiger partial charge < -0.3 is 9.64 Å². The second-order valence-electron chi connectivity index (χ2n) is 4.25. The van der Waals surface area contributed by atoms with E-state index in [0.29, 0.717) is 13.2 Å². The fourth-order valence-electron chi connectivity index (χ4n) is 2.12. The number of ether oxygens (including phenoxy) is 1. The van der Waals surface area contributed by atoms with Crippen molar-refractivity contribution in [2.45, 2.75) is 0 Å². The van der Waals surface area contributed by atoms with Crippen molar-refractivity contribution in [1.29, 1.82) is 0 Å². The molecular weight excluding hydrogens is 230 g/mol. The molecule has 18 heavy (non-hydrogen) atoms. The summed E-state index contributed by atoms with van der Waals surface area (Å²) in [5, 5.41) is 3.14. The van der Waals surface area contributed by atoms with E-state index in [2.05, 4.69) is 10.00 Å². The van der Waals surface area contributed by atoms with Crippen molar-refractivity contribution >= 4 is 5.82 Å². The number of morpholine rings is 1. The highest BCUT2D eigenvalue weighted by Gasteiger charge is 2.14. The van der Waals surface area contributed by atoms with Gasteiger partial charge in [-0.15, -0.1) is 0 Å². The smallest absolute Gasteiger partial charge is 0.273 e. The summed E-state index contributed by atoms with van der Waals surface area (Å²) in [6.07, 6.45) is 0. The topological polar surface area (TPSA) is 50.3 Å². The van der Waals surface area contributed by atoms with Crippen molar-refractivity contribution in [3.8, 4) is 5.69 Å². The molecule has 0 spiro atoms. The fraction of sp³-hybridized carbons (Fsp3) is 0.308. The highest BCUT2D eigenvalue weighted by molar-refractivity contribution is 5.40. The fourth-order valence-corrected chi connectivity index (χ4v) is 2.12. The maximum atomic E-state index is 12.0. The van der Waals surface area contributed by atoms with Gasteiger partial charge in [-0.05, 0) is 12.1 Å². The Kier molecular flexibility index (Phi) is 2.90. The first-order chi connectivity index (χ1) is 8.84. The molecule has 0 aliphatic carbocycles. The van der Waals surface area contributed by atoms with Crippen LogP contribution in [-0.2, 0) is 4.74 Å². The van der Waals surface area contributed by atoms with Crippen molar-refractivity contribution in [3.63, 3.8) is 0 Å². The summed E-state index contributed by atoms with van der Waals surface area (Å²) in [6, 6.07) is 11.2. The molecule has 1 saturated heterocycles. The van der Waals surface area contributed by atoms with Crippen molar-refractivity contribution < 1.29 is 4.74 Å². The predicted octanol–water partition coefficient (Wildman–Crippen LogP) is 1.00. The Hall–Kier alpha value is -2.01. The van der Waals surface area contributed by atoms with E-state index in [0.717, 1.165) is 24.6 Å². The quantitative estimate of drug-likeness (QED) is 0.858. The predicted molar refractivity (Wildman–Crippen MR) is 69.4 cm³/mol. The molecule has 0 unspecified atom stereocenters. The summed E-state index contributed by atoms with van der Waals surface area (Å²) in [5.41, 5.74) is 0.810. The van der Waals surface area contributed by atoms with E-state index >= 15 is 0 Å². The first kappa shape index (κ1) is 11.1. The zero-order chi connectivity index (χ0) is 12.4. The van der Waals surface area contributed by atoms with Crippen LogP contribution in [0.2, 0.25) is 0 Å². The number of nitrogens with zero attached hydrogens (tertiary/aromatic N) is 2. The van der Waals surface area contributed by atoms with E-state index in [9.17, 15) is 4.79 Å². The summed E-state index contributed by atoms with van der Waals surface area (Å²) in [5.74, 6) is 0.854. The minimum absolute atomic E-state index is 0.0392. The van der Waals surface area contributed by atoms with Gasteiger partial charge in [-0.25, -0.2) is 4.68 Å². The standard InChI is InChI=1S/C13H15N3O2/c17-13-10-12(15-6-8-18-9-7-15)14-16(13)11-4-2-1-3-5-11/h1-5,10,14H,6-9H2. The summed E-state index contributed by atoms with van der Waals surface area (Å²) >= 11 is 0. The Morgan fingerprint density at radius 3 is 2.56 bits per heavy atom. The van der Waals surface area contributed by atoms with Gasteiger partial charge in [0.25, 0.3) is 5.56 Å². The number of nitrogens with one attached hydrogen (secondary N) is 1. The van der Waals surface area contributed by atoms with E-state index in [1.165, 1.54) is 0 Å². The molecule has 3 rings (SSSR count). The van der Waals surface area contributed by atoms with Crippen LogP contribution >= 0.6 is 0 Å². The molecule has 0 bridgehead atoms. The van der Waals surface area contributed by atoms with E-state index in [4.69, 9.17) is 4.74 Å². The van der Waals surface area contributed by atoms with Crippen LogP contribution in [0.3, 0.4) is 0 Å². The van der Waals surface area contributed by atoms with Crippen LogP contribution in [0, 0.1) is 0 Å². The lowest BCUT2D eigenvalue weighted by Gasteiger charge is -2.27. The number of para-hydroxylation sites is 1. The zero-order valence-electron chi connectivity index (χ0n) is 10.0. The minimum Gasteiger partial charge on any atom is -0.378 e. The third kappa shape index (κ3) is 2.04. The molecule has 94 valence electrons. The second kappa shape index (κ2) is 4.70. The van der Waals surface area contributed by atoms with Crippen molar-refractivity contribution in [2.75, 3.05) is 31.2 Å². The van der Waals surface area contributed by atoms with Gasteiger partial charge in [0.15, 0.2) is 0 Å². The number of hydrogen-bond acceptors (Lipinski definition) is 3. The Bertz CT molecular complexity index is 567. The van der Waals surface area contributed by atoms with Gasteiger partial charge in [-0.1, -0.05) is 18.2 Å². The summed E-state index contributed by atoms with van der Waals surface area (Å²) in [7, 11) is 0. The molecule has 1 aromatic carbocycles. The largest absolute Gasteiger partial charge is 0.378 e. The van der Waals surface area contributed by atoms with Crippen molar-refractivity contribution in [1.82, 2.24) is 9.78 Å². The Morgan fingerprint density at radius 1 is 1.11 bits per heavy atom. The average molecular weight is 245 g/mol. The van der Waals surface area contributed by atoms with Crippen LogP contribution in [-0.4, -0.2) is 36.1 Å². The molecule has 0 radical (unpaired) electrons. The molecule has 1 aliphatic rings. The van der Waals surface area contributed by atoms with Gasteiger partial charge in [0, 0.05) is 19.2 Å². The molecule has 5 nitrogen and oxygen atoms in total. The molecule has 1 fully saturated rings. The maximum Gasteiger partial charge on any atom is 0.273 e. The number of H-pyrrole nitrogens is 1. The molecule has 0 amide bonds. The summed E-state index contributed by atoms with van der Waals surface area (Å²) in [4.78, 5) is 14.1. The van der Waals surface area contributed by atoms with Gasteiger partial charge in [0.05, 0.1) is 18.9 Å². The molecule has 0 saturated carbocycles. The molecular formula is C13H15N3O2. The highest BCUT2D eigenvalue weighted by atomic mass is 16.5. The monoisotopic (exact) mass is 245 g/mol. The molecule has 0 atom stereocenters. The molecule has 1 aromatic heterocycles. The molecule has 5 heteroatoms. The Morgan fingerprint density at radius 2 is 1.83 bits per heavy atom. The second-order valence-corrected chi connectivity index (χ2v) is 4.25. The molecule has 1 aliphatic heterocycles. The van der Waals surface area contributed by atoms with Gasteiger partial charge in [-0.3, -0.25) is 9.89 Å². The van der Waals surface area contributed by atoms with Crippen LogP contribution in [0.5, 0.6) is 0 Å². The van der Waals surface area contributed by atoms with E-state index in [1.807, 2.05) is 30.3 Å². The molecule has 1 N–H and O–H groups in total. The van der Waals surface area contributed by atoms with Gasteiger partial charge in [0.1, 0.15) is 5.82 Å². The third-order valence-corrected chi connectivity index (χ3v) is 3.07. The number of aromatic amines is 1. The first-order valence-electron chi connectivity index (χ1n) is 6.05. The molecule has 2 aromatic rings. The first-order valence-corrected chi connectivity index (χ1v) is 6.05. The zero-order valence-corrected chi connectivity index (χ0v) is 10.0. The SMILES string of the molecule is O=c1cc(N2CCOCC2)[nH]n1-c1ccccc1. The lowest BCUT2D eigenvalue weighted by atomic mass is 10.3. The van der Waals surface area contributed by atoms with Gasteiger partial charge in [0.2, 0.25) is 0 Å². The third-order valence-electron chi connectivity index (χ3n) is 3.07. The number of benzene rings is 1. The molecule has 2 heterocycles. The van der Waals surface area contributed by atoms with Crippen molar-refractivity contribution in [2.24, 2.45) is 0 Å². The van der Waals surface area contributed by atoms with Crippen LogP contribution in [0.4, 0.5) is 5.82 Å². The average Bonchev–Trinajstić information content (AvgIpc) is 2.83. The van der Waals surface area contributed by atoms with E-state index in [-0.39, 0.29) is 5.56 Å². The van der Waals surface area contributed by atoms with Crippen LogP contribution in [0.15, 0.2) is 41.2 Å². The minimum atomic E-state index is -0.0392. The lowest BCUT2D eigenvalue weighted by Crippen LogP contribution is -2.36. The van der Waals surface area contributed by atoms with Gasteiger partial charge >= 0.3 is 0 Å². The van der Waals surface area contributed by atoms with Crippen LogP contribution in [0.1, 0.15) is 0 Å². The number of rotatable bonds is 2. The lowest BCUT2D eigenvalue weighted by molar-refractivity contribution is 0.122. The maximum absolute atomic E-state index is 12.0. The highest BCUT2D eigenvalue weighted by Crippen LogP contribution is 2.12. The summed E-state index contributed by atoms with van der Waals surface area (Å²) in [6.45, 7) is 3.04. The number of anilines is 1. The normalized spacial score (nSPS) is 15.9. The van der Waals surface area contributed by atoms with Gasteiger partial charge in [-0.2, -0.15) is 0 Å². The van der Waals surface area contributed by atoms with Crippen molar-refractivity contribution in [3.05, 3.63) is 46.8 Å². The Labute approximate surface area is 105 Å². The van der Waals surface area contributed by atoms with E-state index < -0.39 is 0 Å². The van der Waals surface area contributed by atoms with E-state index in [1.54, 1.807) is 10.7 Å². The Balaban J connectivity index is 1.93. The number of hydrogen-bond donors (Lipinski definition) is 1.